The van der Waals surface area contributed by atoms with Crippen molar-refractivity contribution in [2.45, 2.75) is 6.42 Å². The molecule has 0 saturated heterocycles. The fourth-order valence-electron chi connectivity index (χ4n) is 2.11. The second-order valence-corrected chi connectivity index (χ2v) is 4.62. The number of ether oxygens (including phenoxy) is 1. The number of methoxy groups -OCH3 is 1. The first-order chi connectivity index (χ1) is 10.2. The van der Waals surface area contributed by atoms with Gasteiger partial charge in [-0.05, 0) is 42.0 Å². The molecule has 1 aromatic heterocycles. The zero-order chi connectivity index (χ0) is 14.8. The van der Waals surface area contributed by atoms with Gasteiger partial charge >= 0.3 is 5.97 Å². The molecule has 0 bridgehead atoms. The van der Waals surface area contributed by atoms with Crippen LogP contribution < -0.4 is 4.74 Å². The van der Waals surface area contributed by atoms with Crippen LogP contribution in [0.5, 0.6) is 5.75 Å². The molecule has 106 valence electrons. The zero-order valence-electron chi connectivity index (χ0n) is 11.4. The number of carboxylic acids is 1. The number of hydrogen-bond donors (Lipinski definition) is 1. The lowest BCUT2D eigenvalue weighted by molar-refractivity contribution is -0.136. The van der Waals surface area contributed by atoms with Gasteiger partial charge in [-0.25, -0.2) is 4.98 Å². The summed E-state index contributed by atoms with van der Waals surface area (Å²) in [4.78, 5) is 15.1. The molecule has 5 nitrogen and oxygen atoms in total. The van der Waals surface area contributed by atoms with E-state index in [0.717, 1.165) is 11.3 Å². The van der Waals surface area contributed by atoms with Gasteiger partial charge < -0.3 is 14.3 Å². The fourth-order valence-corrected chi connectivity index (χ4v) is 2.11. The number of benzene rings is 2. The summed E-state index contributed by atoms with van der Waals surface area (Å²) >= 11 is 0. The van der Waals surface area contributed by atoms with E-state index in [1.54, 1.807) is 25.3 Å². The summed E-state index contributed by atoms with van der Waals surface area (Å²) in [5, 5.41) is 8.81. The fraction of sp³-hybridized carbons (Fsp3) is 0.125. The first kappa shape index (κ1) is 13.2. The molecule has 0 aliphatic heterocycles. The molecule has 1 heterocycles. The zero-order valence-corrected chi connectivity index (χ0v) is 11.4. The lowest BCUT2D eigenvalue weighted by Crippen LogP contribution is -1.99. The molecule has 0 saturated carbocycles. The second kappa shape index (κ2) is 5.28. The maximum Gasteiger partial charge on any atom is 0.307 e. The van der Waals surface area contributed by atoms with Crippen molar-refractivity contribution in [2.24, 2.45) is 0 Å². The van der Waals surface area contributed by atoms with Crippen molar-refractivity contribution in [1.29, 1.82) is 0 Å². The van der Waals surface area contributed by atoms with Crippen LogP contribution in [0.25, 0.3) is 22.6 Å². The third kappa shape index (κ3) is 2.72. The molecule has 0 aliphatic rings. The number of carboxylic acid groups (broad SMARTS) is 1. The van der Waals surface area contributed by atoms with E-state index in [1.165, 1.54) is 0 Å². The number of aliphatic carboxylic acids is 1. The standard InChI is InChI=1S/C16H13NO4/c1-20-12-5-3-11(4-6-12)16-17-13-7-2-10(9-15(18)19)8-14(13)21-16/h2-8H,9H2,1H3,(H,18,19). The summed E-state index contributed by atoms with van der Waals surface area (Å²) in [5.41, 5.74) is 2.81. The van der Waals surface area contributed by atoms with Gasteiger partial charge in [0.15, 0.2) is 5.58 Å². The van der Waals surface area contributed by atoms with Gasteiger partial charge in [0.25, 0.3) is 0 Å². The van der Waals surface area contributed by atoms with Crippen LogP contribution in [0.4, 0.5) is 0 Å². The van der Waals surface area contributed by atoms with Crippen LogP contribution in [-0.4, -0.2) is 23.2 Å². The van der Waals surface area contributed by atoms with Gasteiger partial charge in [-0.3, -0.25) is 4.79 Å². The van der Waals surface area contributed by atoms with Crippen molar-refractivity contribution < 1.29 is 19.1 Å². The van der Waals surface area contributed by atoms with Crippen molar-refractivity contribution in [2.75, 3.05) is 7.11 Å². The third-order valence-corrected chi connectivity index (χ3v) is 3.15. The van der Waals surface area contributed by atoms with Crippen LogP contribution in [0.2, 0.25) is 0 Å². The van der Waals surface area contributed by atoms with Gasteiger partial charge in [-0.2, -0.15) is 0 Å². The highest BCUT2D eigenvalue weighted by Crippen LogP contribution is 2.26. The molecule has 0 fully saturated rings. The molecule has 1 N–H and O–H groups in total. The van der Waals surface area contributed by atoms with Gasteiger partial charge in [0.05, 0.1) is 13.5 Å². The Kier molecular flexibility index (Phi) is 3.31. The minimum absolute atomic E-state index is 0.0332. The number of rotatable bonds is 4. The molecule has 0 unspecified atom stereocenters. The third-order valence-electron chi connectivity index (χ3n) is 3.15. The Hall–Kier alpha value is -2.82. The van der Waals surface area contributed by atoms with E-state index >= 15 is 0 Å². The summed E-state index contributed by atoms with van der Waals surface area (Å²) in [6.45, 7) is 0. The molecule has 5 heteroatoms. The van der Waals surface area contributed by atoms with Crippen molar-refractivity contribution in [3.63, 3.8) is 0 Å². The second-order valence-electron chi connectivity index (χ2n) is 4.62. The van der Waals surface area contributed by atoms with Crippen molar-refractivity contribution in [1.82, 2.24) is 4.98 Å². The number of nitrogens with zero attached hydrogens (tertiary/aromatic N) is 1. The van der Waals surface area contributed by atoms with E-state index in [1.807, 2.05) is 24.3 Å². The Morgan fingerprint density at radius 1 is 1.24 bits per heavy atom. The van der Waals surface area contributed by atoms with Crippen LogP contribution in [-0.2, 0) is 11.2 Å². The smallest absolute Gasteiger partial charge is 0.307 e. The average Bonchev–Trinajstić information content (AvgIpc) is 2.90. The van der Waals surface area contributed by atoms with Crippen LogP contribution in [0.15, 0.2) is 46.9 Å². The van der Waals surface area contributed by atoms with Crippen LogP contribution in [0.3, 0.4) is 0 Å². The number of hydrogen-bond acceptors (Lipinski definition) is 4. The first-order valence-corrected chi connectivity index (χ1v) is 6.41. The molecular formula is C16H13NO4. The van der Waals surface area contributed by atoms with Crippen LogP contribution in [0.1, 0.15) is 5.56 Å². The highest BCUT2D eigenvalue weighted by molar-refractivity contribution is 5.79. The lowest BCUT2D eigenvalue weighted by atomic mass is 10.1. The average molecular weight is 283 g/mol. The van der Waals surface area contributed by atoms with Gasteiger partial charge in [0, 0.05) is 5.56 Å². The summed E-state index contributed by atoms with van der Waals surface area (Å²) < 4.78 is 10.8. The normalized spacial score (nSPS) is 10.7. The molecule has 0 atom stereocenters. The first-order valence-electron chi connectivity index (χ1n) is 6.41. The van der Waals surface area contributed by atoms with Gasteiger partial charge in [-0.15, -0.1) is 0 Å². The topological polar surface area (TPSA) is 72.6 Å². The maximum atomic E-state index is 10.7. The van der Waals surface area contributed by atoms with Crippen molar-refractivity contribution in [3.8, 4) is 17.2 Å². The van der Waals surface area contributed by atoms with Gasteiger partial charge in [-0.1, -0.05) is 6.07 Å². The monoisotopic (exact) mass is 283 g/mol. The summed E-state index contributed by atoms with van der Waals surface area (Å²) in [6.07, 6.45) is -0.0332. The van der Waals surface area contributed by atoms with E-state index in [9.17, 15) is 4.79 Å². The molecule has 0 aliphatic carbocycles. The highest BCUT2D eigenvalue weighted by Gasteiger charge is 2.10. The van der Waals surface area contributed by atoms with Gasteiger partial charge in [0.1, 0.15) is 11.3 Å². The Morgan fingerprint density at radius 3 is 2.67 bits per heavy atom. The van der Waals surface area contributed by atoms with E-state index < -0.39 is 5.97 Å². The molecular weight excluding hydrogens is 270 g/mol. The van der Waals surface area contributed by atoms with E-state index in [-0.39, 0.29) is 6.42 Å². The Balaban J connectivity index is 1.97. The highest BCUT2D eigenvalue weighted by atomic mass is 16.5. The maximum absolute atomic E-state index is 10.7. The summed E-state index contributed by atoms with van der Waals surface area (Å²) in [6, 6.07) is 12.6. The largest absolute Gasteiger partial charge is 0.497 e. The summed E-state index contributed by atoms with van der Waals surface area (Å²) in [7, 11) is 1.61. The molecule has 2 aromatic carbocycles. The predicted molar refractivity (Wildman–Crippen MR) is 77.3 cm³/mol. The SMILES string of the molecule is COc1ccc(-c2nc3ccc(CC(=O)O)cc3o2)cc1. The minimum Gasteiger partial charge on any atom is -0.497 e. The number of fused-ring (bicyclic) bond motifs is 1. The van der Waals surface area contributed by atoms with E-state index in [4.69, 9.17) is 14.3 Å². The molecule has 0 spiro atoms. The Morgan fingerprint density at radius 2 is 2.00 bits per heavy atom. The molecule has 0 amide bonds. The van der Waals surface area contributed by atoms with Crippen molar-refractivity contribution in [3.05, 3.63) is 48.0 Å². The minimum atomic E-state index is -0.871. The quantitative estimate of drug-likeness (QED) is 0.796. The predicted octanol–water partition coefficient (Wildman–Crippen LogP) is 3.13. The van der Waals surface area contributed by atoms with Crippen LogP contribution >= 0.6 is 0 Å². The Labute approximate surface area is 120 Å². The number of oxazole rings is 1. The van der Waals surface area contributed by atoms with E-state index in [0.29, 0.717) is 22.6 Å². The lowest BCUT2D eigenvalue weighted by Gasteiger charge is -1.99. The number of carbonyl (C=O) groups is 1. The van der Waals surface area contributed by atoms with Gasteiger partial charge in [0.2, 0.25) is 5.89 Å². The molecule has 3 aromatic rings. The van der Waals surface area contributed by atoms with Crippen molar-refractivity contribution >= 4 is 17.1 Å². The molecule has 0 radical (unpaired) electrons. The Bertz CT molecular complexity index is 790. The summed E-state index contributed by atoms with van der Waals surface area (Å²) in [5.74, 6) is 0.392. The van der Waals surface area contributed by atoms with E-state index in [2.05, 4.69) is 4.98 Å². The molecule has 3 rings (SSSR count). The molecule has 21 heavy (non-hydrogen) atoms. The van der Waals surface area contributed by atoms with Crippen LogP contribution in [0, 0.1) is 0 Å². The number of aromatic nitrogens is 1.